The van der Waals surface area contributed by atoms with Gasteiger partial charge in [-0.05, 0) is 52.7 Å². The van der Waals surface area contributed by atoms with Gasteiger partial charge in [-0.3, -0.25) is 4.79 Å². The summed E-state index contributed by atoms with van der Waals surface area (Å²) >= 11 is 3.42. The van der Waals surface area contributed by atoms with E-state index in [0.717, 1.165) is 15.7 Å². The topological polar surface area (TPSA) is 55.1 Å². The van der Waals surface area contributed by atoms with Crippen LogP contribution in [-0.4, -0.2) is 5.91 Å². The first-order valence-electron chi connectivity index (χ1n) is 5.50. The van der Waals surface area contributed by atoms with Gasteiger partial charge in [0, 0.05) is 10.2 Å². The Balaban J connectivity index is 2.24. The average molecular weight is 305 g/mol. The van der Waals surface area contributed by atoms with Crippen LogP contribution in [0, 0.1) is 6.92 Å². The summed E-state index contributed by atoms with van der Waals surface area (Å²) in [5.74, 6) is -0.211. The van der Waals surface area contributed by atoms with Crippen molar-refractivity contribution < 1.29 is 4.79 Å². The van der Waals surface area contributed by atoms with Crippen molar-refractivity contribution in [3.63, 3.8) is 0 Å². The van der Waals surface area contributed by atoms with Crippen LogP contribution >= 0.6 is 15.9 Å². The van der Waals surface area contributed by atoms with Gasteiger partial charge in [-0.1, -0.05) is 18.2 Å². The first kappa shape index (κ1) is 12.6. The number of nitrogen functional groups attached to an aromatic ring is 1. The Bertz CT molecular complexity index is 596. The molecule has 0 radical (unpaired) electrons. The number of rotatable bonds is 2. The van der Waals surface area contributed by atoms with Gasteiger partial charge in [0.25, 0.3) is 5.91 Å². The quantitative estimate of drug-likeness (QED) is 0.833. The third-order valence-corrected chi connectivity index (χ3v) is 3.23. The number of amides is 1. The molecule has 0 bridgehead atoms. The normalized spacial score (nSPS) is 10.1. The van der Waals surface area contributed by atoms with Crippen LogP contribution in [0.4, 0.5) is 11.4 Å². The van der Waals surface area contributed by atoms with Crippen LogP contribution in [-0.2, 0) is 0 Å². The van der Waals surface area contributed by atoms with E-state index < -0.39 is 0 Å². The van der Waals surface area contributed by atoms with E-state index in [-0.39, 0.29) is 5.91 Å². The zero-order chi connectivity index (χ0) is 13.1. The molecule has 2 aromatic rings. The zero-order valence-electron chi connectivity index (χ0n) is 9.91. The van der Waals surface area contributed by atoms with Gasteiger partial charge in [0.1, 0.15) is 0 Å². The summed E-state index contributed by atoms with van der Waals surface area (Å²) < 4.78 is 0.852. The molecule has 0 heterocycles. The fraction of sp³-hybridized carbons (Fsp3) is 0.0714. The molecule has 0 aromatic heterocycles. The van der Waals surface area contributed by atoms with Crippen LogP contribution in [0.15, 0.2) is 46.9 Å². The summed E-state index contributed by atoms with van der Waals surface area (Å²) in [5, 5.41) is 2.83. The Morgan fingerprint density at radius 2 is 1.94 bits per heavy atom. The number of para-hydroxylation sites is 1. The number of carbonyl (C=O) groups is 1. The van der Waals surface area contributed by atoms with E-state index >= 15 is 0 Å². The smallest absolute Gasteiger partial charge is 0.257 e. The molecule has 92 valence electrons. The van der Waals surface area contributed by atoms with Gasteiger partial charge in [0.05, 0.1) is 11.3 Å². The van der Waals surface area contributed by atoms with Crippen molar-refractivity contribution in [2.75, 3.05) is 11.1 Å². The Morgan fingerprint density at radius 3 is 2.61 bits per heavy atom. The number of hydrogen-bond acceptors (Lipinski definition) is 2. The summed E-state index contributed by atoms with van der Waals surface area (Å²) in [5.41, 5.74) is 8.57. The molecule has 0 spiro atoms. The highest BCUT2D eigenvalue weighted by molar-refractivity contribution is 9.10. The van der Waals surface area contributed by atoms with Gasteiger partial charge in [-0.15, -0.1) is 0 Å². The second-order valence-electron chi connectivity index (χ2n) is 4.02. The minimum atomic E-state index is -0.211. The van der Waals surface area contributed by atoms with Crippen molar-refractivity contribution in [3.05, 3.63) is 58.1 Å². The summed E-state index contributed by atoms with van der Waals surface area (Å²) in [6, 6.07) is 12.7. The third-order valence-electron chi connectivity index (χ3n) is 2.58. The highest BCUT2D eigenvalue weighted by atomic mass is 79.9. The van der Waals surface area contributed by atoms with Crippen LogP contribution in [0.2, 0.25) is 0 Å². The number of nitrogens with one attached hydrogen (secondary N) is 1. The number of benzene rings is 2. The maximum atomic E-state index is 12.1. The molecule has 0 unspecified atom stereocenters. The number of hydrogen-bond donors (Lipinski definition) is 2. The predicted octanol–water partition coefficient (Wildman–Crippen LogP) is 3.59. The number of anilines is 2. The fourth-order valence-corrected chi connectivity index (χ4v) is 2.21. The van der Waals surface area contributed by atoms with Crippen molar-refractivity contribution in [3.8, 4) is 0 Å². The first-order valence-corrected chi connectivity index (χ1v) is 6.29. The fourth-order valence-electron chi connectivity index (χ4n) is 1.61. The monoisotopic (exact) mass is 304 g/mol. The lowest BCUT2D eigenvalue weighted by molar-refractivity contribution is 0.102. The Morgan fingerprint density at radius 1 is 1.22 bits per heavy atom. The van der Waals surface area contributed by atoms with Crippen LogP contribution in [0.1, 0.15) is 15.9 Å². The molecule has 4 heteroatoms. The van der Waals surface area contributed by atoms with Gasteiger partial charge in [-0.2, -0.15) is 0 Å². The van der Waals surface area contributed by atoms with Crippen molar-refractivity contribution >= 4 is 33.2 Å². The molecule has 0 saturated heterocycles. The molecule has 2 aromatic carbocycles. The molecule has 0 aliphatic carbocycles. The van der Waals surface area contributed by atoms with E-state index in [2.05, 4.69) is 21.2 Å². The third kappa shape index (κ3) is 2.71. The number of nitrogens with two attached hydrogens (primary N) is 1. The van der Waals surface area contributed by atoms with E-state index in [0.29, 0.717) is 11.3 Å². The first-order chi connectivity index (χ1) is 8.58. The van der Waals surface area contributed by atoms with E-state index in [9.17, 15) is 4.79 Å². The molecule has 3 N–H and O–H groups in total. The van der Waals surface area contributed by atoms with Crippen LogP contribution < -0.4 is 11.1 Å². The molecular formula is C14H13BrN2O. The Kier molecular flexibility index (Phi) is 3.67. The largest absolute Gasteiger partial charge is 0.398 e. The van der Waals surface area contributed by atoms with Crippen molar-refractivity contribution in [1.82, 2.24) is 0 Å². The summed E-state index contributed by atoms with van der Waals surface area (Å²) in [6.45, 7) is 1.99. The van der Waals surface area contributed by atoms with Gasteiger partial charge < -0.3 is 11.1 Å². The maximum absolute atomic E-state index is 12.1. The van der Waals surface area contributed by atoms with Crippen LogP contribution in [0.3, 0.4) is 0 Å². The predicted molar refractivity (Wildman–Crippen MR) is 77.7 cm³/mol. The summed E-state index contributed by atoms with van der Waals surface area (Å²) in [4.78, 5) is 12.1. The SMILES string of the molecule is Cc1ccc(NC(=O)c2ccccc2N)c(Br)c1. The second-order valence-corrected chi connectivity index (χ2v) is 4.88. The standard InChI is InChI=1S/C14H13BrN2O/c1-9-6-7-13(11(15)8-9)17-14(18)10-4-2-3-5-12(10)16/h2-8H,16H2,1H3,(H,17,18). The molecular weight excluding hydrogens is 292 g/mol. The van der Waals surface area contributed by atoms with Gasteiger partial charge in [0.2, 0.25) is 0 Å². The average Bonchev–Trinajstić information content (AvgIpc) is 2.33. The molecule has 2 rings (SSSR count). The molecule has 0 fully saturated rings. The highest BCUT2D eigenvalue weighted by Crippen LogP contribution is 2.24. The molecule has 3 nitrogen and oxygen atoms in total. The van der Waals surface area contributed by atoms with E-state index in [1.165, 1.54) is 0 Å². The number of carbonyl (C=O) groups excluding carboxylic acids is 1. The second kappa shape index (κ2) is 5.23. The van der Waals surface area contributed by atoms with E-state index in [1.807, 2.05) is 25.1 Å². The number of aryl methyl sites for hydroxylation is 1. The lowest BCUT2D eigenvalue weighted by atomic mass is 10.1. The van der Waals surface area contributed by atoms with Gasteiger partial charge >= 0.3 is 0 Å². The van der Waals surface area contributed by atoms with Crippen LogP contribution in [0.25, 0.3) is 0 Å². The number of halogens is 1. The molecule has 0 atom stereocenters. The molecule has 0 aliphatic rings. The van der Waals surface area contributed by atoms with Crippen molar-refractivity contribution in [2.24, 2.45) is 0 Å². The van der Waals surface area contributed by atoms with Gasteiger partial charge in [-0.25, -0.2) is 0 Å². The lowest BCUT2D eigenvalue weighted by Crippen LogP contribution is -2.14. The summed E-state index contributed by atoms with van der Waals surface area (Å²) in [6.07, 6.45) is 0. The molecule has 18 heavy (non-hydrogen) atoms. The minimum absolute atomic E-state index is 0.211. The lowest BCUT2D eigenvalue weighted by Gasteiger charge is -2.09. The summed E-state index contributed by atoms with van der Waals surface area (Å²) in [7, 11) is 0. The zero-order valence-corrected chi connectivity index (χ0v) is 11.5. The van der Waals surface area contributed by atoms with E-state index in [1.54, 1.807) is 24.3 Å². The van der Waals surface area contributed by atoms with Crippen molar-refractivity contribution in [2.45, 2.75) is 6.92 Å². The van der Waals surface area contributed by atoms with Crippen LogP contribution in [0.5, 0.6) is 0 Å². The van der Waals surface area contributed by atoms with Gasteiger partial charge in [0.15, 0.2) is 0 Å². The molecule has 0 aliphatic heterocycles. The Labute approximate surface area is 114 Å². The maximum Gasteiger partial charge on any atom is 0.257 e. The highest BCUT2D eigenvalue weighted by Gasteiger charge is 2.10. The molecule has 0 saturated carbocycles. The Hall–Kier alpha value is -1.81. The van der Waals surface area contributed by atoms with E-state index in [4.69, 9.17) is 5.73 Å². The van der Waals surface area contributed by atoms with Crippen molar-refractivity contribution in [1.29, 1.82) is 0 Å². The minimum Gasteiger partial charge on any atom is -0.398 e. The molecule has 1 amide bonds.